The lowest BCUT2D eigenvalue weighted by Crippen LogP contribution is -2.12. The molecule has 0 saturated carbocycles. The maximum absolute atomic E-state index is 12.4. The van der Waals surface area contributed by atoms with Gasteiger partial charge in [0.2, 0.25) is 0 Å². The van der Waals surface area contributed by atoms with Crippen molar-refractivity contribution in [3.05, 3.63) is 84.4 Å². The van der Waals surface area contributed by atoms with Crippen LogP contribution in [0.5, 0.6) is 5.75 Å². The summed E-state index contributed by atoms with van der Waals surface area (Å²) >= 11 is 0. The minimum atomic E-state index is -1.06. The minimum absolute atomic E-state index is 0.250. The van der Waals surface area contributed by atoms with E-state index in [-0.39, 0.29) is 5.91 Å². The first-order valence-electron chi connectivity index (χ1n) is 8.03. The van der Waals surface area contributed by atoms with Crippen LogP contribution in [0.2, 0.25) is 0 Å². The van der Waals surface area contributed by atoms with Crippen molar-refractivity contribution in [2.45, 2.75) is 0 Å². The lowest BCUT2D eigenvalue weighted by molar-refractivity contribution is -0.139. The van der Waals surface area contributed by atoms with Gasteiger partial charge >= 0.3 is 5.97 Å². The van der Waals surface area contributed by atoms with Crippen LogP contribution in [0.1, 0.15) is 10.4 Å². The molecular weight excluding hydrogens is 330 g/mol. The van der Waals surface area contributed by atoms with Crippen LogP contribution in [-0.4, -0.2) is 23.6 Å². The molecule has 3 aromatic carbocycles. The number of carbonyl (C=O) groups is 2. The molecule has 0 saturated heterocycles. The third-order valence-electron chi connectivity index (χ3n) is 3.71. The number of nitrogens with one attached hydrogen (secondary N) is 1. The summed E-state index contributed by atoms with van der Waals surface area (Å²) in [5.41, 5.74) is 3.18. The fourth-order valence-corrected chi connectivity index (χ4v) is 2.46. The summed E-state index contributed by atoms with van der Waals surface area (Å²) < 4.78 is 5.11. The summed E-state index contributed by atoms with van der Waals surface area (Å²) in [6.45, 7) is -0.432. The second kappa shape index (κ2) is 7.98. The van der Waals surface area contributed by atoms with Crippen LogP contribution in [0.3, 0.4) is 0 Å². The first-order chi connectivity index (χ1) is 12.6. The highest BCUT2D eigenvalue weighted by Gasteiger charge is 2.08. The van der Waals surface area contributed by atoms with Gasteiger partial charge in [0, 0.05) is 17.3 Å². The number of hydrogen-bond donors (Lipinski definition) is 2. The lowest BCUT2D eigenvalue weighted by atomic mass is 10.0. The molecule has 3 aromatic rings. The molecule has 0 bridgehead atoms. The molecule has 3 rings (SSSR count). The van der Waals surface area contributed by atoms with Gasteiger partial charge in [-0.15, -0.1) is 0 Å². The highest BCUT2D eigenvalue weighted by Crippen LogP contribution is 2.21. The maximum atomic E-state index is 12.4. The summed E-state index contributed by atoms with van der Waals surface area (Å²) in [5.74, 6) is -0.928. The Hall–Kier alpha value is -3.60. The lowest BCUT2D eigenvalue weighted by Gasteiger charge is -2.09. The van der Waals surface area contributed by atoms with Gasteiger partial charge in [-0.25, -0.2) is 4.79 Å². The Bertz CT molecular complexity index is 905. The molecule has 1 amide bonds. The average molecular weight is 347 g/mol. The first-order valence-corrected chi connectivity index (χ1v) is 8.03. The van der Waals surface area contributed by atoms with Gasteiger partial charge in [-0.1, -0.05) is 48.5 Å². The fraction of sp³-hybridized carbons (Fsp3) is 0.0476. The standard InChI is InChI=1S/C21H17NO4/c23-20(24)14-26-19-8-4-7-18(13-19)22-21(25)17-11-9-16(10-12-17)15-5-2-1-3-6-15/h1-13H,14H2,(H,22,25)(H,23,24). The van der Waals surface area contributed by atoms with Crippen LogP contribution in [-0.2, 0) is 4.79 Å². The zero-order valence-corrected chi connectivity index (χ0v) is 13.9. The van der Waals surface area contributed by atoms with E-state index in [0.29, 0.717) is 17.0 Å². The van der Waals surface area contributed by atoms with E-state index in [1.807, 2.05) is 42.5 Å². The van der Waals surface area contributed by atoms with E-state index in [9.17, 15) is 9.59 Å². The summed E-state index contributed by atoms with van der Waals surface area (Å²) in [5, 5.41) is 11.4. The second-order valence-corrected chi connectivity index (χ2v) is 5.61. The predicted molar refractivity (Wildman–Crippen MR) is 99.4 cm³/mol. The normalized spacial score (nSPS) is 10.2. The summed E-state index contributed by atoms with van der Waals surface area (Å²) in [6, 6.07) is 23.9. The SMILES string of the molecule is O=C(O)COc1cccc(NC(=O)c2ccc(-c3ccccc3)cc2)c1. The number of aliphatic carboxylic acids is 1. The molecule has 0 atom stereocenters. The van der Waals surface area contributed by atoms with Gasteiger partial charge in [-0.3, -0.25) is 4.79 Å². The minimum Gasteiger partial charge on any atom is -0.482 e. The highest BCUT2D eigenvalue weighted by atomic mass is 16.5. The zero-order chi connectivity index (χ0) is 18.4. The largest absolute Gasteiger partial charge is 0.482 e. The van der Waals surface area contributed by atoms with E-state index in [4.69, 9.17) is 9.84 Å². The van der Waals surface area contributed by atoms with Crippen LogP contribution in [0, 0.1) is 0 Å². The molecule has 0 unspecified atom stereocenters. The molecule has 26 heavy (non-hydrogen) atoms. The number of carboxylic acids is 1. The molecule has 2 N–H and O–H groups in total. The Morgan fingerprint density at radius 1 is 0.846 bits per heavy atom. The molecule has 0 fully saturated rings. The van der Waals surface area contributed by atoms with Gasteiger partial charge in [0.1, 0.15) is 5.75 Å². The Morgan fingerprint density at radius 2 is 1.54 bits per heavy atom. The van der Waals surface area contributed by atoms with E-state index in [1.54, 1.807) is 36.4 Å². The van der Waals surface area contributed by atoms with E-state index >= 15 is 0 Å². The Morgan fingerprint density at radius 3 is 2.23 bits per heavy atom. The van der Waals surface area contributed by atoms with Crippen LogP contribution < -0.4 is 10.1 Å². The number of carbonyl (C=O) groups excluding carboxylic acids is 1. The molecule has 0 heterocycles. The Labute approximate surface area is 150 Å². The molecule has 0 aromatic heterocycles. The molecule has 0 aliphatic rings. The van der Waals surface area contributed by atoms with Crippen molar-refractivity contribution < 1.29 is 19.4 Å². The van der Waals surface area contributed by atoms with Crippen molar-refractivity contribution in [1.29, 1.82) is 0 Å². The number of amides is 1. The van der Waals surface area contributed by atoms with Crippen molar-refractivity contribution in [3.63, 3.8) is 0 Å². The predicted octanol–water partition coefficient (Wildman–Crippen LogP) is 4.07. The molecule has 130 valence electrons. The van der Waals surface area contributed by atoms with Crippen molar-refractivity contribution in [2.24, 2.45) is 0 Å². The number of carboxylic acid groups (broad SMARTS) is 1. The van der Waals surface area contributed by atoms with Crippen LogP contribution >= 0.6 is 0 Å². The van der Waals surface area contributed by atoms with Crippen LogP contribution in [0.4, 0.5) is 5.69 Å². The van der Waals surface area contributed by atoms with E-state index in [2.05, 4.69) is 5.32 Å². The van der Waals surface area contributed by atoms with Gasteiger partial charge in [0.05, 0.1) is 0 Å². The number of benzene rings is 3. The number of rotatable bonds is 6. The van der Waals surface area contributed by atoms with Crippen LogP contribution in [0.15, 0.2) is 78.9 Å². The second-order valence-electron chi connectivity index (χ2n) is 5.61. The van der Waals surface area contributed by atoms with E-state index in [1.165, 1.54) is 0 Å². The molecule has 0 aliphatic carbocycles. The topological polar surface area (TPSA) is 75.6 Å². The quantitative estimate of drug-likeness (QED) is 0.705. The number of ether oxygens (including phenoxy) is 1. The average Bonchev–Trinajstić information content (AvgIpc) is 2.67. The Balaban J connectivity index is 1.68. The highest BCUT2D eigenvalue weighted by molar-refractivity contribution is 6.04. The molecule has 5 nitrogen and oxygen atoms in total. The van der Waals surface area contributed by atoms with Gasteiger partial charge in [0.15, 0.2) is 6.61 Å². The number of anilines is 1. The zero-order valence-electron chi connectivity index (χ0n) is 13.9. The number of hydrogen-bond acceptors (Lipinski definition) is 3. The summed E-state index contributed by atoms with van der Waals surface area (Å²) in [4.78, 5) is 22.9. The molecule has 0 spiro atoms. The smallest absolute Gasteiger partial charge is 0.341 e. The van der Waals surface area contributed by atoms with Gasteiger partial charge in [-0.2, -0.15) is 0 Å². The van der Waals surface area contributed by atoms with E-state index < -0.39 is 12.6 Å². The third-order valence-corrected chi connectivity index (χ3v) is 3.71. The Kier molecular flexibility index (Phi) is 5.29. The van der Waals surface area contributed by atoms with Crippen molar-refractivity contribution in [1.82, 2.24) is 0 Å². The van der Waals surface area contributed by atoms with E-state index in [0.717, 1.165) is 11.1 Å². The molecular formula is C21H17NO4. The van der Waals surface area contributed by atoms with Crippen LogP contribution in [0.25, 0.3) is 11.1 Å². The monoisotopic (exact) mass is 347 g/mol. The first kappa shape index (κ1) is 17.2. The van der Waals surface area contributed by atoms with Gasteiger partial charge in [0.25, 0.3) is 5.91 Å². The molecule has 0 aliphatic heterocycles. The maximum Gasteiger partial charge on any atom is 0.341 e. The van der Waals surface area contributed by atoms with Gasteiger partial charge in [-0.05, 0) is 35.4 Å². The van der Waals surface area contributed by atoms with Gasteiger partial charge < -0.3 is 15.2 Å². The third kappa shape index (κ3) is 4.48. The van der Waals surface area contributed by atoms with Crippen molar-refractivity contribution >= 4 is 17.6 Å². The molecule has 0 radical (unpaired) electrons. The summed E-state index contributed by atoms with van der Waals surface area (Å²) in [6.07, 6.45) is 0. The van der Waals surface area contributed by atoms with Crippen molar-refractivity contribution in [2.75, 3.05) is 11.9 Å². The molecule has 5 heteroatoms. The fourth-order valence-electron chi connectivity index (χ4n) is 2.46. The van der Waals surface area contributed by atoms with Crippen molar-refractivity contribution in [3.8, 4) is 16.9 Å². The summed E-state index contributed by atoms with van der Waals surface area (Å²) in [7, 11) is 0.